The average molecular weight is 473 g/mol. The molecule has 1 aromatic heterocycles. The van der Waals surface area contributed by atoms with Crippen LogP contribution in [-0.4, -0.2) is 10.2 Å². The molecule has 0 amide bonds. The number of aromatic nitrogens is 1. The number of nitrogens with zero attached hydrogens (tertiary/aromatic N) is 1. The highest BCUT2D eigenvalue weighted by Crippen LogP contribution is 2.13. The minimum Gasteiger partial charge on any atom is -1.00 e. The number of aliphatic hydroxyl groups excluding tert-OH is 2. The van der Waals surface area contributed by atoms with Gasteiger partial charge in [-0.05, 0) is 12.5 Å². The highest BCUT2D eigenvalue weighted by molar-refractivity contribution is 5.02. The van der Waals surface area contributed by atoms with Gasteiger partial charge < -0.3 is 27.2 Å². The van der Waals surface area contributed by atoms with Gasteiger partial charge in [0.25, 0.3) is 0 Å². The van der Waals surface area contributed by atoms with Crippen LogP contribution >= 0.6 is 0 Å². The normalized spacial score (nSPS) is 10.9. The van der Waals surface area contributed by atoms with Gasteiger partial charge in [-0.2, -0.15) is 4.57 Å². The quantitative estimate of drug-likeness (QED) is 0.240. The molecule has 0 aliphatic heterocycles. The Balaban J connectivity index is 0.00000784. The number of hydrogen-bond acceptors (Lipinski definition) is 2. The molecular formula is C25H46BrNO2. The second kappa shape index (κ2) is 20.8. The molecule has 170 valence electrons. The van der Waals surface area contributed by atoms with Crippen LogP contribution in [0.5, 0.6) is 0 Å². The lowest BCUT2D eigenvalue weighted by Gasteiger charge is -2.06. The van der Waals surface area contributed by atoms with Crippen molar-refractivity contribution < 1.29 is 31.8 Å². The molecule has 0 saturated heterocycles. The van der Waals surface area contributed by atoms with Crippen LogP contribution in [0.4, 0.5) is 0 Å². The molecule has 0 radical (unpaired) electrons. The summed E-state index contributed by atoms with van der Waals surface area (Å²) in [6, 6.07) is 5.78. The van der Waals surface area contributed by atoms with Crippen LogP contribution in [0.1, 0.15) is 121 Å². The summed E-state index contributed by atoms with van der Waals surface area (Å²) < 4.78 is 2.07. The van der Waals surface area contributed by atoms with Crippen LogP contribution < -0.4 is 21.5 Å². The smallest absolute Gasteiger partial charge is 0.207 e. The molecule has 0 aliphatic carbocycles. The minimum atomic E-state index is 0. The van der Waals surface area contributed by atoms with Gasteiger partial charge in [-0.25, -0.2) is 0 Å². The zero-order valence-corrected chi connectivity index (χ0v) is 20.5. The van der Waals surface area contributed by atoms with Crippen molar-refractivity contribution in [2.75, 3.05) is 0 Å². The third-order valence-electron chi connectivity index (χ3n) is 5.83. The molecule has 0 unspecified atom stereocenters. The summed E-state index contributed by atoms with van der Waals surface area (Å²) in [4.78, 5) is 0. The highest BCUT2D eigenvalue weighted by Gasteiger charge is 2.14. The molecule has 0 atom stereocenters. The molecule has 29 heavy (non-hydrogen) atoms. The molecule has 0 aromatic carbocycles. The van der Waals surface area contributed by atoms with E-state index in [1.54, 1.807) is 0 Å². The average Bonchev–Trinajstić information content (AvgIpc) is 2.73. The molecule has 1 rings (SSSR count). The lowest BCUT2D eigenvalue weighted by molar-refractivity contribution is -0.715. The predicted octanol–water partition coefficient (Wildman–Crippen LogP) is 3.22. The van der Waals surface area contributed by atoms with Crippen molar-refractivity contribution in [2.45, 2.75) is 129 Å². The number of pyridine rings is 1. The molecule has 0 fully saturated rings. The van der Waals surface area contributed by atoms with E-state index in [4.69, 9.17) is 0 Å². The van der Waals surface area contributed by atoms with Crippen molar-refractivity contribution in [1.29, 1.82) is 0 Å². The molecule has 0 spiro atoms. The van der Waals surface area contributed by atoms with E-state index in [2.05, 4.69) is 11.5 Å². The number of aliphatic hydroxyl groups is 2. The number of hydrogen-bond donors (Lipinski definition) is 2. The summed E-state index contributed by atoms with van der Waals surface area (Å²) >= 11 is 0. The Labute approximate surface area is 190 Å². The lowest BCUT2D eigenvalue weighted by Crippen LogP contribution is -3.00. The Morgan fingerprint density at radius 3 is 1.28 bits per heavy atom. The first-order valence-electron chi connectivity index (χ1n) is 12.1. The Morgan fingerprint density at radius 1 is 0.586 bits per heavy atom. The van der Waals surface area contributed by atoms with E-state index in [1.165, 1.54) is 96.3 Å². The third-order valence-corrected chi connectivity index (χ3v) is 5.83. The SMILES string of the molecule is CCCCCCCCCCCCCCCCCC[n+]1c(CO)cccc1CO.[Br-]. The van der Waals surface area contributed by atoms with Gasteiger partial charge in [0.15, 0.2) is 0 Å². The summed E-state index contributed by atoms with van der Waals surface area (Å²) in [7, 11) is 0. The minimum absolute atomic E-state index is 0. The molecule has 0 saturated carbocycles. The predicted molar refractivity (Wildman–Crippen MR) is 118 cm³/mol. The van der Waals surface area contributed by atoms with Gasteiger partial charge in [-0.3, -0.25) is 0 Å². The first-order valence-corrected chi connectivity index (χ1v) is 12.1. The van der Waals surface area contributed by atoms with E-state index in [0.717, 1.165) is 24.4 Å². The molecule has 0 aliphatic rings. The van der Waals surface area contributed by atoms with Gasteiger partial charge in [0.2, 0.25) is 11.4 Å². The van der Waals surface area contributed by atoms with Crippen molar-refractivity contribution in [1.82, 2.24) is 0 Å². The molecule has 1 aromatic rings. The van der Waals surface area contributed by atoms with Crippen LogP contribution in [-0.2, 0) is 19.8 Å². The third kappa shape index (κ3) is 14.2. The van der Waals surface area contributed by atoms with Crippen molar-refractivity contribution in [3.8, 4) is 0 Å². The number of rotatable bonds is 19. The maximum atomic E-state index is 9.47. The fraction of sp³-hybridized carbons (Fsp3) is 0.800. The van der Waals surface area contributed by atoms with Gasteiger partial charge in [-0.1, -0.05) is 96.8 Å². The summed E-state index contributed by atoms with van der Waals surface area (Å²) in [6.45, 7) is 3.25. The number of unbranched alkanes of at least 4 members (excludes halogenated alkanes) is 15. The second-order valence-electron chi connectivity index (χ2n) is 8.28. The summed E-state index contributed by atoms with van der Waals surface area (Å²) in [5, 5.41) is 18.9. The summed E-state index contributed by atoms with van der Waals surface area (Å²) in [5.41, 5.74) is 1.79. The number of halogens is 1. The zero-order chi connectivity index (χ0) is 20.3. The van der Waals surface area contributed by atoms with Crippen molar-refractivity contribution in [3.05, 3.63) is 29.6 Å². The Morgan fingerprint density at radius 2 is 0.931 bits per heavy atom. The van der Waals surface area contributed by atoms with Crippen molar-refractivity contribution in [2.24, 2.45) is 0 Å². The van der Waals surface area contributed by atoms with Gasteiger partial charge in [0.05, 0.1) is 0 Å². The van der Waals surface area contributed by atoms with E-state index in [0.29, 0.717) is 0 Å². The maximum Gasteiger partial charge on any atom is 0.207 e. The van der Waals surface area contributed by atoms with Gasteiger partial charge in [-0.15, -0.1) is 0 Å². The largest absolute Gasteiger partial charge is 1.00 e. The first kappa shape index (κ1) is 28.5. The summed E-state index contributed by atoms with van der Waals surface area (Å²) in [5.74, 6) is 0. The molecule has 2 N–H and O–H groups in total. The van der Waals surface area contributed by atoms with Gasteiger partial charge >= 0.3 is 0 Å². The van der Waals surface area contributed by atoms with Crippen molar-refractivity contribution >= 4 is 0 Å². The Bertz CT molecular complexity index is 460. The van der Waals surface area contributed by atoms with Gasteiger partial charge in [0, 0.05) is 18.6 Å². The van der Waals surface area contributed by atoms with E-state index in [9.17, 15) is 10.2 Å². The Hall–Kier alpha value is -0.450. The summed E-state index contributed by atoms with van der Waals surface area (Å²) in [6.07, 6.45) is 22.0. The standard InChI is InChI=1S/C25H46NO2.BrH/c1-2-3-4-5-6-7-8-9-10-11-12-13-14-15-16-17-21-26-24(22-27)19-18-20-25(26)23-28;/h18-20,27-28H,2-17,21-23H2,1H3;1H/q+1;/p-1. The van der Waals surface area contributed by atoms with Crippen molar-refractivity contribution in [3.63, 3.8) is 0 Å². The van der Waals surface area contributed by atoms with Crippen LogP contribution in [0.2, 0.25) is 0 Å². The zero-order valence-electron chi connectivity index (χ0n) is 18.9. The lowest BCUT2D eigenvalue weighted by atomic mass is 10.0. The van der Waals surface area contributed by atoms with E-state index < -0.39 is 0 Å². The van der Waals surface area contributed by atoms with E-state index in [1.807, 2.05) is 18.2 Å². The van der Waals surface area contributed by atoms with E-state index >= 15 is 0 Å². The molecule has 3 nitrogen and oxygen atoms in total. The molecule has 4 heteroatoms. The highest BCUT2D eigenvalue weighted by atomic mass is 79.9. The fourth-order valence-corrected chi connectivity index (χ4v) is 4.02. The molecule has 1 heterocycles. The molecule has 0 bridgehead atoms. The first-order chi connectivity index (χ1) is 13.8. The van der Waals surface area contributed by atoms with Crippen LogP contribution in [0.15, 0.2) is 18.2 Å². The second-order valence-corrected chi connectivity index (χ2v) is 8.28. The van der Waals surface area contributed by atoms with Crippen LogP contribution in [0.25, 0.3) is 0 Å². The van der Waals surface area contributed by atoms with E-state index in [-0.39, 0.29) is 30.2 Å². The van der Waals surface area contributed by atoms with Gasteiger partial charge in [0.1, 0.15) is 19.8 Å². The maximum absolute atomic E-state index is 9.47. The fourth-order valence-electron chi connectivity index (χ4n) is 4.02. The Kier molecular flexibility index (Phi) is 20.5. The topological polar surface area (TPSA) is 44.3 Å². The molecular weight excluding hydrogens is 426 g/mol. The van der Waals surface area contributed by atoms with Crippen LogP contribution in [0.3, 0.4) is 0 Å². The monoisotopic (exact) mass is 471 g/mol. The van der Waals surface area contributed by atoms with Crippen LogP contribution in [0, 0.1) is 0 Å².